The van der Waals surface area contributed by atoms with Gasteiger partial charge in [-0.2, -0.15) is 0 Å². The van der Waals surface area contributed by atoms with Crippen molar-refractivity contribution in [1.82, 2.24) is 4.40 Å². The maximum absolute atomic E-state index is 3.66. The van der Waals surface area contributed by atoms with Crippen LogP contribution in [0.5, 0.6) is 0 Å². The van der Waals surface area contributed by atoms with Gasteiger partial charge in [0.05, 0.1) is 21.3 Å². The summed E-state index contributed by atoms with van der Waals surface area (Å²) in [4.78, 5) is 0. The molecule has 5 aromatic carbocycles. The summed E-state index contributed by atoms with van der Waals surface area (Å²) in [7, 11) is 0. The van der Waals surface area contributed by atoms with E-state index in [9.17, 15) is 0 Å². The Hall–Kier alpha value is -3.14. The first-order valence-corrected chi connectivity index (χ1v) is 12.0. The molecule has 1 nitrogen and oxygen atoms in total. The van der Waals surface area contributed by atoms with Crippen LogP contribution >= 0.6 is 27.3 Å². The van der Waals surface area contributed by atoms with Gasteiger partial charge in [0.15, 0.2) is 0 Å². The van der Waals surface area contributed by atoms with Gasteiger partial charge in [0.2, 0.25) is 0 Å². The molecule has 3 aromatic heterocycles. The van der Waals surface area contributed by atoms with E-state index < -0.39 is 0 Å². The second kappa shape index (κ2) is 5.56. The van der Waals surface area contributed by atoms with E-state index in [1.807, 2.05) is 11.3 Å². The van der Waals surface area contributed by atoms with Crippen LogP contribution < -0.4 is 0 Å². The highest BCUT2D eigenvalue weighted by atomic mass is 79.9. The Morgan fingerprint density at radius 1 is 0.613 bits per heavy atom. The summed E-state index contributed by atoms with van der Waals surface area (Å²) in [6.45, 7) is 0. The van der Waals surface area contributed by atoms with Gasteiger partial charge in [0, 0.05) is 41.5 Å². The predicted molar refractivity (Wildman–Crippen MR) is 139 cm³/mol. The average molecular weight is 476 g/mol. The van der Waals surface area contributed by atoms with E-state index in [-0.39, 0.29) is 0 Å². The molecule has 0 atom stereocenters. The van der Waals surface area contributed by atoms with Crippen LogP contribution in [0.1, 0.15) is 0 Å². The van der Waals surface area contributed by atoms with E-state index in [0.29, 0.717) is 0 Å². The molecule has 0 radical (unpaired) electrons. The van der Waals surface area contributed by atoms with Crippen molar-refractivity contribution in [3.63, 3.8) is 0 Å². The van der Waals surface area contributed by atoms with Gasteiger partial charge >= 0.3 is 0 Å². The normalized spacial score (nSPS) is 12.7. The monoisotopic (exact) mass is 475 g/mol. The van der Waals surface area contributed by atoms with Crippen LogP contribution in [0.4, 0.5) is 0 Å². The fourth-order valence-corrected chi connectivity index (χ4v) is 7.31. The Balaban J connectivity index is 1.84. The molecule has 0 saturated carbocycles. The minimum absolute atomic E-state index is 1.13. The molecule has 0 spiro atoms. The molecule has 3 heteroatoms. The molecule has 8 rings (SSSR count). The first kappa shape index (κ1) is 16.5. The maximum atomic E-state index is 3.66. The number of para-hydroxylation sites is 2. The Kier molecular flexibility index (Phi) is 2.96. The van der Waals surface area contributed by atoms with Crippen LogP contribution in [0.15, 0.2) is 89.4 Å². The first-order chi connectivity index (χ1) is 15.3. The van der Waals surface area contributed by atoms with E-state index in [0.717, 1.165) is 4.47 Å². The highest BCUT2D eigenvalue weighted by Gasteiger charge is 2.20. The van der Waals surface area contributed by atoms with E-state index in [1.54, 1.807) is 0 Å². The van der Waals surface area contributed by atoms with Gasteiger partial charge in [0.25, 0.3) is 0 Å². The number of benzene rings is 5. The SMILES string of the molecule is Brc1ccc2c(c1)sc1c2cc2cccc3c4cccc5c6ccccc6n(c45)c1c23. The fourth-order valence-electron chi connectivity index (χ4n) is 5.54. The maximum Gasteiger partial charge on any atom is 0.0725 e. The molecule has 0 bridgehead atoms. The molecule has 0 unspecified atom stereocenters. The molecule has 3 heterocycles. The molecule has 0 N–H and O–H groups in total. The van der Waals surface area contributed by atoms with Crippen LogP contribution in [0.25, 0.3) is 69.0 Å². The smallest absolute Gasteiger partial charge is 0.0725 e. The molecular weight excluding hydrogens is 462 g/mol. The first-order valence-electron chi connectivity index (χ1n) is 10.4. The Morgan fingerprint density at radius 2 is 1.39 bits per heavy atom. The summed E-state index contributed by atoms with van der Waals surface area (Å²) < 4.78 is 6.35. The van der Waals surface area contributed by atoms with Crippen molar-refractivity contribution in [2.24, 2.45) is 0 Å². The molecule has 144 valence electrons. The molecule has 31 heavy (non-hydrogen) atoms. The lowest BCUT2D eigenvalue weighted by atomic mass is 9.97. The van der Waals surface area contributed by atoms with E-state index in [1.165, 1.54) is 69.0 Å². The topological polar surface area (TPSA) is 4.41 Å². The number of fused-ring (bicyclic) bond motifs is 9. The van der Waals surface area contributed by atoms with Gasteiger partial charge in [-0.1, -0.05) is 76.6 Å². The second-order valence-corrected chi connectivity index (χ2v) is 10.3. The summed E-state index contributed by atoms with van der Waals surface area (Å²) >= 11 is 5.57. The lowest BCUT2D eigenvalue weighted by molar-refractivity contribution is 1.37. The van der Waals surface area contributed by atoms with Gasteiger partial charge in [0.1, 0.15) is 0 Å². The Bertz CT molecular complexity index is 2010. The number of pyridine rings is 1. The number of hydrogen-bond acceptors (Lipinski definition) is 1. The zero-order chi connectivity index (χ0) is 20.3. The molecule has 8 aromatic rings. The number of rotatable bonds is 0. The average Bonchev–Trinajstić information content (AvgIpc) is 3.32. The molecule has 0 aliphatic rings. The number of nitrogens with zero attached hydrogens (tertiary/aromatic N) is 1. The zero-order valence-electron chi connectivity index (χ0n) is 16.3. The third-order valence-corrected chi connectivity index (χ3v) is 8.42. The van der Waals surface area contributed by atoms with Crippen LogP contribution in [-0.4, -0.2) is 4.40 Å². The minimum Gasteiger partial charge on any atom is -0.307 e. The minimum atomic E-state index is 1.13. The molecule has 0 aliphatic heterocycles. The number of aromatic nitrogens is 1. The van der Waals surface area contributed by atoms with Crippen molar-refractivity contribution in [2.45, 2.75) is 0 Å². The van der Waals surface area contributed by atoms with Gasteiger partial charge in [-0.15, -0.1) is 11.3 Å². The Morgan fingerprint density at radius 3 is 2.32 bits per heavy atom. The molecule has 0 saturated heterocycles. The summed E-state index contributed by atoms with van der Waals surface area (Å²) in [6, 6.07) is 31.4. The summed E-state index contributed by atoms with van der Waals surface area (Å²) in [5.41, 5.74) is 3.95. The van der Waals surface area contributed by atoms with Crippen molar-refractivity contribution < 1.29 is 0 Å². The van der Waals surface area contributed by atoms with Crippen LogP contribution in [-0.2, 0) is 0 Å². The van der Waals surface area contributed by atoms with Crippen molar-refractivity contribution in [3.05, 3.63) is 89.4 Å². The van der Waals surface area contributed by atoms with Crippen LogP contribution in [0, 0.1) is 0 Å². The third kappa shape index (κ3) is 1.93. The largest absolute Gasteiger partial charge is 0.307 e. The van der Waals surface area contributed by atoms with Crippen LogP contribution in [0.3, 0.4) is 0 Å². The van der Waals surface area contributed by atoms with E-state index >= 15 is 0 Å². The molecular formula is C28H14BrNS. The summed E-state index contributed by atoms with van der Waals surface area (Å²) in [5, 5.41) is 10.7. The van der Waals surface area contributed by atoms with Gasteiger partial charge in [-0.3, -0.25) is 0 Å². The fraction of sp³-hybridized carbons (Fsp3) is 0. The van der Waals surface area contributed by atoms with E-state index in [4.69, 9.17) is 0 Å². The second-order valence-electron chi connectivity index (χ2n) is 8.30. The van der Waals surface area contributed by atoms with Crippen LogP contribution in [0.2, 0.25) is 0 Å². The standard InChI is InChI=1S/C28H14BrNS/c29-16-11-12-18-22-13-15-5-3-7-19-21-9-4-8-20-17-6-1-2-10-23(17)30(26(20)21)27(25(15)19)28(22)31-24(18)14-16/h1-14H. The number of hydrogen-bond donors (Lipinski definition) is 0. The van der Waals surface area contributed by atoms with Crippen molar-refractivity contribution >= 4 is 96.3 Å². The van der Waals surface area contributed by atoms with E-state index in [2.05, 4.69) is 105 Å². The Labute approximate surface area is 189 Å². The molecule has 0 aliphatic carbocycles. The molecule has 0 fully saturated rings. The number of thiophene rings is 1. The highest BCUT2D eigenvalue weighted by Crippen LogP contribution is 2.46. The third-order valence-electron chi connectivity index (χ3n) is 6.75. The lowest BCUT2D eigenvalue weighted by Crippen LogP contribution is -1.92. The van der Waals surface area contributed by atoms with Crippen molar-refractivity contribution in [2.75, 3.05) is 0 Å². The lowest BCUT2D eigenvalue weighted by Gasteiger charge is -2.14. The van der Waals surface area contributed by atoms with Gasteiger partial charge in [-0.05, 0) is 35.0 Å². The van der Waals surface area contributed by atoms with Crippen molar-refractivity contribution in [3.8, 4) is 0 Å². The van der Waals surface area contributed by atoms with Crippen molar-refractivity contribution in [1.29, 1.82) is 0 Å². The highest BCUT2D eigenvalue weighted by molar-refractivity contribution is 9.10. The quantitative estimate of drug-likeness (QED) is 0.152. The van der Waals surface area contributed by atoms with Gasteiger partial charge < -0.3 is 4.40 Å². The summed E-state index contributed by atoms with van der Waals surface area (Å²) in [6.07, 6.45) is 0. The predicted octanol–water partition coefficient (Wildman–Crippen LogP) is 9.12. The van der Waals surface area contributed by atoms with Gasteiger partial charge in [-0.25, -0.2) is 0 Å². The summed E-state index contributed by atoms with van der Waals surface area (Å²) in [5.74, 6) is 0. The number of halogens is 1. The zero-order valence-corrected chi connectivity index (χ0v) is 18.7. The molecule has 0 amide bonds.